The summed E-state index contributed by atoms with van der Waals surface area (Å²) < 4.78 is 0. The number of amides is 1. The summed E-state index contributed by atoms with van der Waals surface area (Å²) in [4.78, 5) is 13.0. The first-order chi connectivity index (χ1) is 5.16. The Labute approximate surface area is 67.0 Å². The van der Waals surface area contributed by atoms with Gasteiger partial charge in [-0.25, -0.2) is 0 Å². The zero-order chi connectivity index (χ0) is 8.43. The van der Waals surface area contributed by atoms with Crippen molar-refractivity contribution in [2.45, 2.75) is 38.8 Å². The van der Waals surface area contributed by atoms with Crippen molar-refractivity contribution >= 4 is 5.91 Å². The zero-order valence-corrected chi connectivity index (χ0v) is 7.08. The van der Waals surface area contributed by atoms with Gasteiger partial charge in [-0.2, -0.15) is 0 Å². The molecular formula is C8H15NO2. The highest BCUT2D eigenvalue weighted by molar-refractivity contribution is 5.79. The minimum Gasteiger partial charge on any atom is -0.394 e. The molecule has 0 radical (unpaired) electrons. The summed E-state index contributed by atoms with van der Waals surface area (Å²) in [5.41, 5.74) is 0. The molecule has 1 rings (SSSR count). The largest absolute Gasteiger partial charge is 0.394 e. The molecule has 1 aliphatic heterocycles. The van der Waals surface area contributed by atoms with E-state index in [1.807, 2.05) is 13.8 Å². The molecule has 0 bridgehead atoms. The van der Waals surface area contributed by atoms with E-state index in [1.165, 1.54) is 0 Å². The van der Waals surface area contributed by atoms with Crippen LogP contribution in [0.15, 0.2) is 0 Å². The third-order valence-corrected chi connectivity index (χ3v) is 2.28. The Balaban J connectivity index is 2.60. The van der Waals surface area contributed by atoms with Crippen LogP contribution >= 0.6 is 0 Å². The van der Waals surface area contributed by atoms with Gasteiger partial charge in [0.25, 0.3) is 0 Å². The summed E-state index contributed by atoms with van der Waals surface area (Å²) in [7, 11) is 0. The van der Waals surface area contributed by atoms with Gasteiger partial charge in [-0.1, -0.05) is 0 Å². The van der Waals surface area contributed by atoms with E-state index >= 15 is 0 Å². The molecule has 0 saturated carbocycles. The molecule has 1 amide bonds. The van der Waals surface area contributed by atoms with Crippen LogP contribution in [0, 0.1) is 0 Å². The first kappa shape index (κ1) is 8.53. The van der Waals surface area contributed by atoms with Gasteiger partial charge < -0.3 is 10.0 Å². The maximum atomic E-state index is 11.2. The normalized spacial score (nSPS) is 27.7. The van der Waals surface area contributed by atoms with Gasteiger partial charge in [-0.15, -0.1) is 0 Å². The first-order valence-corrected chi connectivity index (χ1v) is 4.09. The van der Waals surface area contributed by atoms with E-state index in [-0.39, 0.29) is 18.6 Å². The summed E-state index contributed by atoms with van der Waals surface area (Å²) in [6.07, 6.45) is 1.58. The average molecular weight is 157 g/mol. The van der Waals surface area contributed by atoms with Gasteiger partial charge >= 0.3 is 0 Å². The number of rotatable bonds is 2. The Morgan fingerprint density at radius 2 is 2.45 bits per heavy atom. The lowest BCUT2D eigenvalue weighted by Crippen LogP contribution is -2.40. The van der Waals surface area contributed by atoms with E-state index in [1.54, 1.807) is 4.90 Å². The molecule has 0 aromatic rings. The molecule has 0 spiro atoms. The molecule has 0 aliphatic carbocycles. The number of aliphatic hydroxyl groups excluding tert-OH is 1. The highest BCUT2D eigenvalue weighted by Gasteiger charge is 2.30. The molecule has 2 atom stereocenters. The van der Waals surface area contributed by atoms with Crippen LogP contribution in [0.5, 0.6) is 0 Å². The Morgan fingerprint density at radius 3 is 2.82 bits per heavy atom. The standard InChI is InChI=1S/C8H15NO2/c1-6-3-4-8(11)9(6)7(2)5-10/h6-7,10H,3-5H2,1-2H3/t6-,7-/m0/s1. The maximum Gasteiger partial charge on any atom is 0.223 e. The second kappa shape index (κ2) is 3.22. The molecule has 0 unspecified atom stereocenters. The van der Waals surface area contributed by atoms with Crippen LogP contribution in [0.4, 0.5) is 0 Å². The van der Waals surface area contributed by atoms with Crippen LogP contribution in [0.2, 0.25) is 0 Å². The van der Waals surface area contributed by atoms with E-state index < -0.39 is 0 Å². The fourth-order valence-corrected chi connectivity index (χ4v) is 1.61. The summed E-state index contributed by atoms with van der Waals surface area (Å²) in [5.74, 6) is 0.180. The molecule has 1 fully saturated rings. The predicted molar refractivity (Wildman–Crippen MR) is 42.1 cm³/mol. The van der Waals surface area contributed by atoms with Gasteiger partial charge in [0.1, 0.15) is 0 Å². The Morgan fingerprint density at radius 1 is 1.82 bits per heavy atom. The number of nitrogens with zero attached hydrogens (tertiary/aromatic N) is 1. The van der Waals surface area contributed by atoms with E-state index in [4.69, 9.17) is 5.11 Å². The van der Waals surface area contributed by atoms with Crippen molar-refractivity contribution in [3.05, 3.63) is 0 Å². The van der Waals surface area contributed by atoms with Crippen molar-refractivity contribution in [2.75, 3.05) is 6.61 Å². The lowest BCUT2D eigenvalue weighted by molar-refractivity contribution is -0.131. The fourth-order valence-electron chi connectivity index (χ4n) is 1.61. The number of hydrogen-bond donors (Lipinski definition) is 1. The number of hydrogen-bond acceptors (Lipinski definition) is 2. The summed E-state index contributed by atoms with van der Waals surface area (Å²) >= 11 is 0. The van der Waals surface area contributed by atoms with Gasteiger partial charge in [0, 0.05) is 12.5 Å². The minimum atomic E-state index is -0.0139. The number of aliphatic hydroxyl groups is 1. The summed E-state index contributed by atoms with van der Waals surface area (Å²) in [6.45, 7) is 3.97. The average Bonchev–Trinajstić information content (AvgIpc) is 2.30. The molecule has 3 heteroatoms. The zero-order valence-electron chi connectivity index (χ0n) is 7.08. The second-order valence-electron chi connectivity index (χ2n) is 3.22. The Hall–Kier alpha value is -0.570. The SMILES string of the molecule is C[C@@H](CO)N1C(=O)CC[C@@H]1C. The van der Waals surface area contributed by atoms with Gasteiger partial charge in [0.2, 0.25) is 5.91 Å². The van der Waals surface area contributed by atoms with Crippen molar-refractivity contribution in [1.82, 2.24) is 4.90 Å². The number of likely N-dealkylation sites (tertiary alicyclic amines) is 1. The molecule has 1 saturated heterocycles. The van der Waals surface area contributed by atoms with Gasteiger partial charge in [-0.3, -0.25) is 4.79 Å². The monoisotopic (exact) mass is 157 g/mol. The molecule has 1 N–H and O–H groups in total. The summed E-state index contributed by atoms with van der Waals surface area (Å²) in [6, 6.07) is 0.296. The van der Waals surface area contributed by atoms with Crippen LogP contribution in [0.25, 0.3) is 0 Å². The van der Waals surface area contributed by atoms with Crippen LogP contribution in [-0.2, 0) is 4.79 Å². The van der Waals surface area contributed by atoms with Crippen LogP contribution < -0.4 is 0 Å². The van der Waals surface area contributed by atoms with E-state index in [0.717, 1.165) is 6.42 Å². The molecule has 0 aromatic carbocycles. The van der Waals surface area contributed by atoms with Crippen LogP contribution in [0.3, 0.4) is 0 Å². The molecule has 64 valence electrons. The summed E-state index contributed by atoms with van der Waals surface area (Å²) in [5, 5.41) is 8.84. The molecule has 1 heterocycles. The predicted octanol–water partition coefficient (Wildman–Crippen LogP) is 0.378. The van der Waals surface area contributed by atoms with E-state index in [0.29, 0.717) is 12.5 Å². The van der Waals surface area contributed by atoms with Crippen molar-refractivity contribution < 1.29 is 9.90 Å². The molecule has 0 aromatic heterocycles. The smallest absolute Gasteiger partial charge is 0.223 e. The maximum absolute atomic E-state index is 11.2. The second-order valence-corrected chi connectivity index (χ2v) is 3.22. The van der Waals surface area contributed by atoms with Gasteiger partial charge in [0.15, 0.2) is 0 Å². The Kier molecular flexibility index (Phi) is 2.49. The topological polar surface area (TPSA) is 40.5 Å². The van der Waals surface area contributed by atoms with Gasteiger partial charge in [0.05, 0.1) is 12.6 Å². The molecule has 3 nitrogen and oxygen atoms in total. The van der Waals surface area contributed by atoms with Crippen LogP contribution in [-0.4, -0.2) is 34.6 Å². The van der Waals surface area contributed by atoms with Crippen molar-refractivity contribution in [1.29, 1.82) is 0 Å². The third kappa shape index (κ3) is 1.53. The molecule has 11 heavy (non-hydrogen) atoms. The lowest BCUT2D eigenvalue weighted by atomic mass is 10.2. The van der Waals surface area contributed by atoms with E-state index in [9.17, 15) is 4.79 Å². The van der Waals surface area contributed by atoms with E-state index in [2.05, 4.69) is 0 Å². The number of carbonyl (C=O) groups excluding carboxylic acids is 1. The minimum absolute atomic E-state index is 0.0139. The lowest BCUT2D eigenvalue weighted by Gasteiger charge is -2.27. The highest BCUT2D eigenvalue weighted by atomic mass is 16.3. The van der Waals surface area contributed by atoms with Crippen molar-refractivity contribution in [3.63, 3.8) is 0 Å². The van der Waals surface area contributed by atoms with Gasteiger partial charge in [-0.05, 0) is 20.3 Å². The molecular weight excluding hydrogens is 142 g/mol. The van der Waals surface area contributed by atoms with Crippen molar-refractivity contribution in [3.8, 4) is 0 Å². The molecule has 1 aliphatic rings. The number of carbonyl (C=O) groups is 1. The Bertz CT molecular complexity index is 158. The van der Waals surface area contributed by atoms with Crippen molar-refractivity contribution in [2.24, 2.45) is 0 Å². The first-order valence-electron chi connectivity index (χ1n) is 4.09. The van der Waals surface area contributed by atoms with Crippen LogP contribution in [0.1, 0.15) is 26.7 Å². The quantitative estimate of drug-likeness (QED) is 0.629. The fraction of sp³-hybridized carbons (Fsp3) is 0.875. The third-order valence-electron chi connectivity index (χ3n) is 2.28. The highest BCUT2D eigenvalue weighted by Crippen LogP contribution is 2.20.